The second-order valence-electron chi connectivity index (χ2n) is 7.58. The van der Waals surface area contributed by atoms with Crippen LogP contribution >= 0.6 is 0 Å². The van der Waals surface area contributed by atoms with Crippen molar-refractivity contribution < 1.29 is 23.0 Å². The number of nitrogens with one attached hydrogen (secondary N) is 2. The molecular weight excluding hydrogens is 426 g/mol. The average molecular weight is 454 g/mol. The molecule has 31 heavy (non-hydrogen) atoms. The number of aliphatic hydroxyl groups is 1. The Balaban J connectivity index is 2.02. The first-order valence-corrected chi connectivity index (χ1v) is 11.5. The second kappa shape index (κ2) is 9.05. The zero-order valence-corrected chi connectivity index (χ0v) is 18.4. The van der Waals surface area contributed by atoms with Gasteiger partial charge in [0.2, 0.25) is 10.0 Å². The molecule has 0 amide bonds. The topological polar surface area (TPSA) is 140 Å². The molecule has 0 radical (unpaired) electrons. The molecule has 0 saturated carbocycles. The third kappa shape index (κ3) is 4.80. The molecule has 2 aromatic rings. The number of rotatable bonds is 8. The maximum absolute atomic E-state index is 12.4. The standard InChI is InChI=1S/C20H27N3O7S/c1-4-20(12-31(27,28)21-3)16(29-11-14-8-6-5-7-9-14)15(24)18(30-20)23-10-13(2)17(25)22-19(23)26/h5-10,15-16,18,21,24H,4,11-12H2,1-3H3,(H,22,25,26)/t15-,16?,18+,20-/m0/s1. The van der Waals surface area contributed by atoms with Gasteiger partial charge in [0.1, 0.15) is 17.8 Å². The molecule has 11 heteroatoms. The summed E-state index contributed by atoms with van der Waals surface area (Å²) in [6, 6.07) is 9.21. The summed E-state index contributed by atoms with van der Waals surface area (Å²) in [6.45, 7) is 3.34. The van der Waals surface area contributed by atoms with Gasteiger partial charge in [0, 0.05) is 11.8 Å². The van der Waals surface area contributed by atoms with Crippen LogP contribution in [0.3, 0.4) is 0 Å². The van der Waals surface area contributed by atoms with Crippen LogP contribution in [-0.2, 0) is 26.1 Å². The molecule has 3 N–H and O–H groups in total. The lowest BCUT2D eigenvalue weighted by Gasteiger charge is -2.33. The van der Waals surface area contributed by atoms with E-state index in [9.17, 15) is 23.1 Å². The van der Waals surface area contributed by atoms with Gasteiger partial charge in [0.05, 0.1) is 12.4 Å². The monoisotopic (exact) mass is 453 g/mol. The van der Waals surface area contributed by atoms with Gasteiger partial charge in [-0.3, -0.25) is 14.3 Å². The summed E-state index contributed by atoms with van der Waals surface area (Å²) in [4.78, 5) is 26.3. The first-order chi connectivity index (χ1) is 14.6. The maximum Gasteiger partial charge on any atom is 0.330 e. The molecule has 1 unspecified atom stereocenters. The van der Waals surface area contributed by atoms with E-state index >= 15 is 0 Å². The van der Waals surface area contributed by atoms with Gasteiger partial charge in [0.25, 0.3) is 5.56 Å². The summed E-state index contributed by atoms with van der Waals surface area (Å²) in [5, 5.41) is 11.1. The van der Waals surface area contributed by atoms with E-state index in [4.69, 9.17) is 9.47 Å². The highest BCUT2D eigenvalue weighted by Gasteiger charge is 2.57. The van der Waals surface area contributed by atoms with Crippen LogP contribution in [0.15, 0.2) is 46.1 Å². The van der Waals surface area contributed by atoms with Gasteiger partial charge >= 0.3 is 5.69 Å². The predicted octanol–water partition coefficient (Wildman–Crippen LogP) is 0.0181. The molecule has 2 heterocycles. The first kappa shape index (κ1) is 23.4. The van der Waals surface area contributed by atoms with E-state index < -0.39 is 51.1 Å². The summed E-state index contributed by atoms with van der Waals surface area (Å²) < 4.78 is 40.2. The van der Waals surface area contributed by atoms with Gasteiger partial charge in [-0.2, -0.15) is 0 Å². The van der Waals surface area contributed by atoms with E-state index in [2.05, 4.69) is 9.71 Å². The molecule has 0 spiro atoms. The van der Waals surface area contributed by atoms with E-state index in [-0.39, 0.29) is 18.6 Å². The molecule has 1 saturated heterocycles. The SMILES string of the molecule is CC[C@@]1(CS(=O)(=O)NC)O[C@@H](n2cc(C)c(=O)[nH]c2=O)[C@@H](O)C1OCc1ccccc1. The van der Waals surface area contributed by atoms with Crippen molar-refractivity contribution in [1.82, 2.24) is 14.3 Å². The van der Waals surface area contributed by atoms with Gasteiger partial charge in [-0.15, -0.1) is 0 Å². The summed E-state index contributed by atoms with van der Waals surface area (Å²) in [6.07, 6.45) is -2.18. The van der Waals surface area contributed by atoms with Crippen molar-refractivity contribution in [3.8, 4) is 0 Å². The van der Waals surface area contributed by atoms with Crippen molar-refractivity contribution >= 4 is 10.0 Å². The Hall–Kier alpha value is -2.31. The molecule has 3 rings (SSSR count). The van der Waals surface area contributed by atoms with Crippen LogP contribution in [0.5, 0.6) is 0 Å². The highest BCUT2D eigenvalue weighted by Crippen LogP contribution is 2.42. The van der Waals surface area contributed by atoms with Crippen LogP contribution < -0.4 is 16.0 Å². The Labute approximate surface area is 179 Å². The Bertz CT molecular complexity index is 1130. The van der Waals surface area contributed by atoms with Gasteiger partial charge in [0.15, 0.2) is 6.23 Å². The summed E-state index contributed by atoms with van der Waals surface area (Å²) in [5.41, 5.74) is -1.68. The van der Waals surface area contributed by atoms with E-state index in [1.807, 2.05) is 30.3 Å². The lowest BCUT2D eigenvalue weighted by atomic mass is 9.94. The minimum Gasteiger partial charge on any atom is -0.386 e. The van der Waals surface area contributed by atoms with Crippen LogP contribution in [0.4, 0.5) is 0 Å². The molecule has 10 nitrogen and oxygen atoms in total. The molecule has 1 aromatic carbocycles. The lowest BCUT2D eigenvalue weighted by Crippen LogP contribution is -2.51. The highest BCUT2D eigenvalue weighted by atomic mass is 32.2. The van der Waals surface area contributed by atoms with E-state index in [1.165, 1.54) is 20.2 Å². The zero-order valence-electron chi connectivity index (χ0n) is 17.6. The van der Waals surface area contributed by atoms with Crippen LogP contribution in [-0.4, -0.2) is 53.7 Å². The molecule has 0 bridgehead atoms. The number of benzene rings is 1. The van der Waals surface area contributed by atoms with Gasteiger partial charge in [-0.25, -0.2) is 17.9 Å². The van der Waals surface area contributed by atoms with E-state index in [0.29, 0.717) is 0 Å². The Morgan fingerprint density at radius 1 is 1.29 bits per heavy atom. The molecule has 4 atom stereocenters. The normalized spacial score (nSPS) is 26.3. The van der Waals surface area contributed by atoms with Crippen molar-refractivity contribution in [3.05, 3.63) is 68.5 Å². The molecule has 1 aliphatic rings. The van der Waals surface area contributed by atoms with Crippen molar-refractivity contribution in [2.45, 2.75) is 50.9 Å². The van der Waals surface area contributed by atoms with E-state index in [1.54, 1.807) is 6.92 Å². The van der Waals surface area contributed by atoms with Crippen molar-refractivity contribution in [2.75, 3.05) is 12.8 Å². The summed E-state index contributed by atoms with van der Waals surface area (Å²) in [5.74, 6) is -0.475. The minimum absolute atomic E-state index is 0.111. The van der Waals surface area contributed by atoms with Crippen LogP contribution in [0.25, 0.3) is 0 Å². The second-order valence-corrected chi connectivity index (χ2v) is 9.50. The smallest absolute Gasteiger partial charge is 0.330 e. The molecule has 0 aliphatic carbocycles. The van der Waals surface area contributed by atoms with Crippen molar-refractivity contribution in [1.29, 1.82) is 0 Å². The van der Waals surface area contributed by atoms with Gasteiger partial charge < -0.3 is 14.6 Å². The Morgan fingerprint density at radius 3 is 2.58 bits per heavy atom. The summed E-state index contributed by atoms with van der Waals surface area (Å²) >= 11 is 0. The van der Waals surface area contributed by atoms with Gasteiger partial charge in [-0.05, 0) is 26.0 Å². The average Bonchev–Trinajstić information content (AvgIpc) is 3.01. The minimum atomic E-state index is -3.75. The number of ether oxygens (including phenoxy) is 2. The number of aromatic nitrogens is 2. The molecule has 1 aromatic heterocycles. The largest absolute Gasteiger partial charge is 0.386 e. The van der Waals surface area contributed by atoms with Crippen molar-refractivity contribution in [2.24, 2.45) is 0 Å². The van der Waals surface area contributed by atoms with Gasteiger partial charge in [-0.1, -0.05) is 37.3 Å². The van der Waals surface area contributed by atoms with Crippen LogP contribution in [0, 0.1) is 6.92 Å². The lowest BCUT2D eigenvalue weighted by molar-refractivity contribution is -0.110. The number of nitrogens with zero attached hydrogens (tertiary/aromatic N) is 1. The number of aliphatic hydroxyl groups excluding tert-OH is 1. The Morgan fingerprint density at radius 2 is 1.97 bits per heavy atom. The number of sulfonamides is 1. The third-order valence-electron chi connectivity index (χ3n) is 5.51. The zero-order chi connectivity index (χ0) is 22.8. The molecule has 1 fully saturated rings. The van der Waals surface area contributed by atoms with Crippen LogP contribution in [0.2, 0.25) is 0 Å². The molecule has 1 aliphatic heterocycles. The van der Waals surface area contributed by atoms with Crippen LogP contribution in [0.1, 0.15) is 30.7 Å². The fourth-order valence-electron chi connectivity index (χ4n) is 3.74. The highest BCUT2D eigenvalue weighted by molar-refractivity contribution is 7.89. The fourth-order valence-corrected chi connectivity index (χ4v) is 4.97. The Kier molecular flexibility index (Phi) is 6.82. The summed E-state index contributed by atoms with van der Waals surface area (Å²) in [7, 11) is -2.47. The van der Waals surface area contributed by atoms with Crippen molar-refractivity contribution in [3.63, 3.8) is 0 Å². The molecular formula is C20H27N3O7S. The van der Waals surface area contributed by atoms with E-state index in [0.717, 1.165) is 10.1 Å². The number of hydrogen-bond donors (Lipinski definition) is 3. The third-order valence-corrected chi connectivity index (χ3v) is 7.00. The fraction of sp³-hybridized carbons (Fsp3) is 0.500. The maximum atomic E-state index is 12.4. The number of aryl methyl sites for hydroxylation is 1. The number of aromatic amines is 1. The number of hydrogen-bond acceptors (Lipinski definition) is 7. The first-order valence-electron chi connectivity index (χ1n) is 9.87. The predicted molar refractivity (Wildman–Crippen MR) is 113 cm³/mol. The number of H-pyrrole nitrogens is 1. The molecule has 170 valence electrons. The quantitative estimate of drug-likeness (QED) is 0.512.